The fourth-order valence-electron chi connectivity index (χ4n) is 4.88. The molecule has 0 saturated carbocycles. The summed E-state index contributed by atoms with van der Waals surface area (Å²) in [5.74, 6) is -1.68. The van der Waals surface area contributed by atoms with E-state index in [0.717, 1.165) is 11.6 Å². The number of carbonyl (C=O) groups is 1. The Morgan fingerprint density at radius 3 is 2.47 bits per heavy atom. The summed E-state index contributed by atoms with van der Waals surface area (Å²) in [6.45, 7) is 2.18. The van der Waals surface area contributed by atoms with Gasteiger partial charge >= 0.3 is 0 Å². The summed E-state index contributed by atoms with van der Waals surface area (Å²) in [5, 5.41) is 3.30. The number of fused-ring (bicyclic) bond motifs is 1. The van der Waals surface area contributed by atoms with E-state index in [-0.39, 0.29) is 35.3 Å². The van der Waals surface area contributed by atoms with Crippen LogP contribution in [0.1, 0.15) is 40.9 Å². The van der Waals surface area contributed by atoms with E-state index in [1.807, 2.05) is 36.4 Å². The molecular formula is C27H24F2N2O2S. The van der Waals surface area contributed by atoms with Crippen molar-refractivity contribution in [3.63, 3.8) is 0 Å². The van der Waals surface area contributed by atoms with Gasteiger partial charge in [0.25, 0.3) is 5.91 Å². The van der Waals surface area contributed by atoms with Crippen LogP contribution in [0.5, 0.6) is 0 Å². The van der Waals surface area contributed by atoms with E-state index in [1.165, 1.54) is 23.9 Å². The lowest BCUT2D eigenvalue weighted by Crippen LogP contribution is -2.52. The van der Waals surface area contributed by atoms with Crippen molar-refractivity contribution in [3.8, 4) is 0 Å². The summed E-state index contributed by atoms with van der Waals surface area (Å²) in [6, 6.07) is 22.4. The van der Waals surface area contributed by atoms with Gasteiger partial charge in [-0.3, -0.25) is 4.79 Å². The smallest absolute Gasteiger partial charge is 0.257 e. The van der Waals surface area contributed by atoms with E-state index in [4.69, 9.17) is 9.73 Å². The van der Waals surface area contributed by atoms with Gasteiger partial charge in [0.05, 0.1) is 12.7 Å². The van der Waals surface area contributed by atoms with E-state index in [9.17, 15) is 9.18 Å². The summed E-state index contributed by atoms with van der Waals surface area (Å²) in [4.78, 5) is 17.7. The van der Waals surface area contributed by atoms with Crippen molar-refractivity contribution in [2.24, 2.45) is 10.9 Å². The number of amidine groups is 1. The molecule has 0 unspecified atom stereocenters. The van der Waals surface area contributed by atoms with Crippen molar-refractivity contribution < 1.29 is 18.3 Å². The highest BCUT2D eigenvalue weighted by atomic mass is 32.2. The molecule has 1 fully saturated rings. The molecule has 5 rings (SSSR count). The van der Waals surface area contributed by atoms with Crippen molar-refractivity contribution >= 4 is 22.8 Å². The molecular weight excluding hydrogens is 454 g/mol. The summed E-state index contributed by atoms with van der Waals surface area (Å²) >= 11 is 1.46. The molecule has 174 valence electrons. The molecule has 0 radical (unpaired) electrons. The Hall–Kier alpha value is -3.03. The van der Waals surface area contributed by atoms with Crippen LogP contribution in [0, 0.1) is 17.6 Å². The Balaban J connectivity index is 1.54. The zero-order valence-corrected chi connectivity index (χ0v) is 19.4. The van der Waals surface area contributed by atoms with E-state index >= 15 is 4.39 Å². The maximum absolute atomic E-state index is 15.1. The molecule has 1 saturated heterocycles. The van der Waals surface area contributed by atoms with Gasteiger partial charge in [0, 0.05) is 28.4 Å². The number of rotatable bonds is 3. The number of nitrogens with one attached hydrogen (secondary N) is 1. The number of carbonyl (C=O) groups excluding carboxylic acids is 1. The van der Waals surface area contributed by atoms with Crippen LogP contribution in [0.4, 0.5) is 8.78 Å². The first-order valence-electron chi connectivity index (χ1n) is 11.2. The predicted octanol–water partition coefficient (Wildman–Crippen LogP) is 5.86. The topological polar surface area (TPSA) is 50.7 Å². The van der Waals surface area contributed by atoms with Crippen LogP contribution in [-0.2, 0) is 10.3 Å². The van der Waals surface area contributed by atoms with E-state index in [2.05, 4.69) is 12.2 Å². The number of amides is 1. The number of hydrogen-bond donors (Lipinski definition) is 1. The lowest BCUT2D eigenvalue weighted by atomic mass is 9.72. The molecule has 7 heteroatoms. The molecule has 4 nitrogen and oxygen atoms in total. The summed E-state index contributed by atoms with van der Waals surface area (Å²) in [6.07, 6.45) is 0.472. The number of benzene rings is 3. The minimum Gasteiger partial charge on any atom is -0.371 e. The van der Waals surface area contributed by atoms with Crippen molar-refractivity contribution in [2.75, 3.05) is 6.61 Å². The minimum atomic E-state index is -1.08. The normalized spacial score (nSPS) is 26.3. The molecule has 0 spiro atoms. The van der Waals surface area contributed by atoms with Crippen molar-refractivity contribution in [3.05, 3.63) is 107 Å². The van der Waals surface area contributed by atoms with Crippen LogP contribution in [-0.4, -0.2) is 22.9 Å². The quantitative estimate of drug-likeness (QED) is 0.513. The van der Waals surface area contributed by atoms with Gasteiger partial charge in [-0.2, -0.15) is 0 Å². The Labute approximate surface area is 201 Å². The van der Waals surface area contributed by atoms with Gasteiger partial charge < -0.3 is 10.1 Å². The second-order valence-electron chi connectivity index (χ2n) is 8.66. The Bertz CT molecular complexity index is 1220. The van der Waals surface area contributed by atoms with Gasteiger partial charge in [0.1, 0.15) is 17.2 Å². The zero-order chi connectivity index (χ0) is 23.7. The third-order valence-corrected chi connectivity index (χ3v) is 7.69. The standard InChI is InChI=1S/C27H24F2N2O2S/c1-17-22-15-24(18-8-4-2-5-9-18)33-16-27(22,21-13-12-20(28)14-23(21)29)31-26(34-17)30-25(32)19-10-6-3-7-11-19/h2-14,17,22,24H,15-16H2,1H3,(H,30,31,32)/t17-,22+,24-,27-/m1/s1. The second kappa shape index (κ2) is 9.31. The van der Waals surface area contributed by atoms with E-state index in [1.54, 1.807) is 24.3 Å². The minimum absolute atomic E-state index is 0.00291. The molecule has 1 N–H and O–H groups in total. The maximum Gasteiger partial charge on any atom is 0.257 e. The average molecular weight is 479 g/mol. The monoisotopic (exact) mass is 478 g/mol. The molecule has 4 atom stereocenters. The molecule has 2 heterocycles. The first-order chi connectivity index (χ1) is 16.5. The summed E-state index contributed by atoms with van der Waals surface area (Å²) in [5.41, 5.74) is 0.767. The first kappa shape index (κ1) is 22.7. The average Bonchev–Trinajstić information content (AvgIpc) is 2.85. The van der Waals surface area contributed by atoms with Crippen molar-refractivity contribution in [1.82, 2.24) is 5.32 Å². The molecule has 0 bridgehead atoms. The Morgan fingerprint density at radius 1 is 1.06 bits per heavy atom. The molecule has 1 amide bonds. The largest absolute Gasteiger partial charge is 0.371 e. The fourth-order valence-corrected chi connectivity index (χ4v) is 6.10. The highest BCUT2D eigenvalue weighted by Gasteiger charge is 2.52. The van der Waals surface area contributed by atoms with Gasteiger partial charge in [-0.25, -0.2) is 13.8 Å². The lowest BCUT2D eigenvalue weighted by Gasteiger charge is -2.49. The van der Waals surface area contributed by atoms with E-state index < -0.39 is 17.2 Å². The molecule has 2 aliphatic heterocycles. The van der Waals surface area contributed by atoms with Crippen molar-refractivity contribution in [2.45, 2.75) is 30.2 Å². The van der Waals surface area contributed by atoms with Gasteiger partial charge in [0.15, 0.2) is 5.17 Å². The third kappa shape index (κ3) is 4.26. The van der Waals surface area contributed by atoms with E-state index in [0.29, 0.717) is 17.2 Å². The van der Waals surface area contributed by atoms with Crippen LogP contribution >= 0.6 is 11.8 Å². The molecule has 3 aromatic carbocycles. The van der Waals surface area contributed by atoms with Crippen LogP contribution in [0.3, 0.4) is 0 Å². The number of halogens is 2. The van der Waals surface area contributed by atoms with Crippen LogP contribution in [0.2, 0.25) is 0 Å². The van der Waals surface area contributed by atoms with Gasteiger partial charge in [-0.15, -0.1) is 0 Å². The SMILES string of the molecule is C[C@H]1SC(NC(=O)c2ccccc2)=N[C@@]2(c3ccc(F)cc3F)CO[C@@H](c3ccccc3)C[C@@H]12. The third-order valence-electron chi connectivity index (χ3n) is 6.58. The zero-order valence-electron chi connectivity index (χ0n) is 18.6. The van der Waals surface area contributed by atoms with Gasteiger partial charge in [0.2, 0.25) is 0 Å². The molecule has 0 aliphatic carbocycles. The number of aliphatic imine (C=N–C) groups is 1. The van der Waals surface area contributed by atoms with Gasteiger partial charge in [-0.05, 0) is 30.2 Å². The number of ether oxygens (including phenoxy) is 1. The molecule has 34 heavy (non-hydrogen) atoms. The Kier molecular flexibility index (Phi) is 6.23. The first-order valence-corrected chi connectivity index (χ1v) is 12.1. The van der Waals surface area contributed by atoms with Crippen LogP contribution in [0.15, 0.2) is 83.9 Å². The fraction of sp³-hybridized carbons (Fsp3) is 0.259. The van der Waals surface area contributed by atoms with Gasteiger partial charge in [-0.1, -0.05) is 73.3 Å². The highest BCUT2D eigenvalue weighted by molar-refractivity contribution is 8.14. The molecule has 3 aromatic rings. The number of thioether (sulfide) groups is 1. The highest BCUT2D eigenvalue weighted by Crippen LogP contribution is 2.52. The van der Waals surface area contributed by atoms with Crippen molar-refractivity contribution in [1.29, 1.82) is 0 Å². The molecule has 0 aromatic heterocycles. The second-order valence-corrected chi connectivity index (χ2v) is 10.0. The maximum atomic E-state index is 15.1. The number of hydrogen-bond acceptors (Lipinski definition) is 4. The van der Waals surface area contributed by atoms with Crippen LogP contribution < -0.4 is 5.32 Å². The molecule has 2 aliphatic rings. The lowest BCUT2D eigenvalue weighted by molar-refractivity contribution is -0.0644. The van der Waals surface area contributed by atoms with Crippen LogP contribution in [0.25, 0.3) is 0 Å². The summed E-state index contributed by atoms with van der Waals surface area (Å²) in [7, 11) is 0. The predicted molar refractivity (Wildman–Crippen MR) is 130 cm³/mol. The number of nitrogens with zero attached hydrogens (tertiary/aromatic N) is 1. The summed E-state index contributed by atoms with van der Waals surface area (Å²) < 4.78 is 35.2. The Morgan fingerprint density at radius 2 is 1.76 bits per heavy atom.